The van der Waals surface area contributed by atoms with Gasteiger partial charge < -0.3 is 10.6 Å². The summed E-state index contributed by atoms with van der Waals surface area (Å²) in [5.41, 5.74) is 9.54. The van der Waals surface area contributed by atoms with E-state index in [1.807, 2.05) is 11.7 Å². The van der Waals surface area contributed by atoms with Gasteiger partial charge in [-0.3, -0.25) is 9.25 Å². The number of nitrogens with zero attached hydrogens (tertiary/aromatic N) is 5. The summed E-state index contributed by atoms with van der Waals surface area (Å²) in [7, 11) is 4.17. The maximum Gasteiger partial charge on any atom is 0.202 e. The fraction of sp³-hybridized carbons (Fsp3) is 0.733. The topological polar surface area (TPSA) is 64.9 Å². The third kappa shape index (κ3) is 2.41. The van der Waals surface area contributed by atoms with Crippen LogP contribution in [0, 0.1) is 5.41 Å². The Morgan fingerprint density at radius 1 is 1.24 bits per heavy atom. The van der Waals surface area contributed by atoms with Crippen LogP contribution in [-0.2, 0) is 20.0 Å². The van der Waals surface area contributed by atoms with Gasteiger partial charge in [-0.25, -0.2) is 4.98 Å². The van der Waals surface area contributed by atoms with Crippen molar-refractivity contribution in [1.29, 1.82) is 0 Å². The van der Waals surface area contributed by atoms with Gasteiger partial charge in [0.2, 0.25) is 5.95 Å². The average molecular weight is 290 g/mol. The van der Waals surface area contributed by atoms with Gasteiger partial charge in [0.1, 0.15) is 5.52 Å². The van der Waals surface area contributed by atoms with Gasteiger partial charge in [-0.1, -0.05) is 13.8 Å². The van der Waals surface area contributed by atoms with Crippen molar-refractivity contribution in [3.8, 4) is 0 Å². The Morgan fingerprint density at radius 3 is 2.52 bits per heavy atom. The van der Waals surface area contributed by atoms with Crippen molar-refractivity contribution in [2.75, 3.05) is 25.9 Å². The van der Waals surface area contributed by atoms with E-state index in [4.69, 9.17) is 5.73 Å². The number of imidazole rings is 1. The van der Waals surface area contributed by atoms with Gasteiger partial charge in [-0.2, -0.15) is 5.10 Å². The number of nitrogens with two attached hydrogens (primary N) is 1. The molecule has 0 saturated carbocycles. The van der Waals surface area contributed by atoms with Crippen molar-refractivity contribution < 1.29 is 0 Å². The number of likely N-dealkylation sites (tertiary alicyclic amines) is 1. The first-order valence-electron chi connectivity index (χ1n) is 7.79. The smallest absolute Gasteiger partial charge is 0.202 e. The molecule has 116 valence electrons. The van der Waals surface area contributed by atoms with Crippen molar-refractivity contribution in [3.63, 3.8) is 0 Å². The highest BCUT2D eigenvalue weighted by Crippen LogP contribution is 2.34. The Hall–Kier alpha value is -1.56. The second kappa shape index (κ2) is 5.02. The van der Waals surface area contributed by atoms with E-state index in [9.17, 15) is 0 Å². The molecule has 6 heteroatoms. The summed E-state index contributed by atoms with van der Waals surface area (Å²) in [6, 6.07) is 0. The molecule has 0 unspecified atom stereocenters. The monoisotopic (exact) mass is 290 g/mol. The molecular formula is C15H26N6. The SMILES string of the molecule is CCc1nn(C)c2c1nc(N)n2CC1(C)CCN(C)CC1. The molecule has 0 atom stereocenters. The standard InChI is InChI=1S/C15H26N6/c1-5-11-12-13(20(4)18-11)21(14(16)17-12)10-15(2)6-8-19(3)9-7-15/h5-10H2,1-4H3,(H2,16,17). The third-order valence-corrected chi connectivity index (χ3v) is 4.89. The van der Waals surface area contributed by atoms with Crippen LogP contribution in [0.25, 0.3) is 11.2 Å². The third-order valence-electron chi connectivity index (χ3n) is 4.89. The van der Waals surface area contributed by atoms with E-state index in [2.05, 4.69) is 40.4 Å². The molecule has 2 N–H and O–H groups in total. The highest BCUT2D eigenvalue weighted by Gasteiger charge is 2.31. The molecule has 6 nitrogen and oxygen atoms in total. The molecule has 3 rings (SSSR count). The van der Waals surface area contributed by atoms with Gasteiger partial charge in [0.25, 0.3) is 0 Å². The molecule has 0 aliphatic carbocycles. The van der Waals surface area contributed by atoms with E-state index in [-0.39, 0.29) is 5.41 Å². The molecule has 0 aromatic carbocycles. The van der Waals surface area contributed by atoms with Crippen molar-refractivity contribution in [2.45, 2.75) is 39.7 Å². The number of hydrogen-bond donors (Lipinski definition) is 1. The zero-order valence-corrected chi connectivity index (χ0v) is 13.6. The van der Waals surface area contributed by atoms with Crippen LogP contribution >= 0.6 is 0 Å². The first-order valence-corrected chi connectivity index (χ1v) is 7.79. The Morgan fingerprint density at radius 2 is 1.90 bits per heavy atom. The highest BCUT2D eigenvalue weighted by molar-refractivity contribution is 5.77. The second-order valence-corrected chi connectivity index (χ2v) is 6.77. The lowest BCUT2D eigenvalue weighted by Crippen LogP contribution is -2.38. The first kappa shape index (κ1) is 14.4. The molecule has 0 spiro atoms. The summed E-state index contributed by atoms with van der Waals surface area (Å²) in [6.07, 6.45) is 3.28. The van der Waals surface area contributed by atoms with Crippen LogP contribution in [0.15, 0.2) is 0 Å². The zero-order chi connectivity index (χ0) is 15.2. The maximum atomic E-state index is 6.19. The molecule has 3 heterocycles. The minimum Gasteiger partial charge on any atom is -0.369 e. The van der Waals surface area contributed by atoms with E-state index < -0.39 is 0 Å². The van der Waals surface area contributed by atoms with Crippen LogP contribution in [0.1, 0.15) is 32.4 Å². The number of piperidine rings is 1. The summed E-state index contributed by atoms with van der Waals surface area (Å²) in [6.45, 7) is 7.70. The zero-order valence-electron chi connectivity index (χ0n) is 13.6. The number of hydrogen-bond acceptors (Lipinski definition) is 4. The predicted octanol–water partition coefficient (Wildman–Crippen LogP) is 1.65. The number of rotatable bonds is 3. The van der Waals surface area contributed by atoms with E-state index in [0.29, 0.717) is 5.95 Å². The van der Waals surface area contributed by atoms with E-state index in [0.717, 1.165) is 42.9 Å². The van der Waals surface area contributed by atoms with Crippen molar-refractivity contribution in [1.82, 2.24) is 24.2 Å². The summed E-state index contributed by atoms with van der Waals surface area (Å²) in [4.78, 5) is 6.96. The van der Waals surface area contributed by atoms with Gasteiger partial charge in [-0.15, -0.1) is 0 Å². The van der Waals surface area contributed by atoms with E-state index in [1.165, 1.54) is 12.8 Å². The fourth-order valence-electron chi connectivity index (χ4n) is 3.35. The minimum absolute atomic E-state index is 0.283. The molecule has 0 radical (unpaired) electrons. The molecule has 21 heavy (non-hydrogen) atoms. The molecule has 1 aliphatic rings. The van der Waals surface area contributed by atoms with Gasteiger partial charge in [0, 0.05) is 13.6 Å². The lowest BCUT2D eigenvalue weighted by molar-refractivity contribution is 0.122. The van der Waals surface area contributed by atoms with Gasteiger partial charge in [-0.05, 0) is 44.8 Å². The summed E-state index contributed by atoms with van der Waals surface area (Å²) in [5, 5.41) is 4.57. The summed E-state index contributed by atoms with van der Waals surface area (Å²) in [5.74, 6) is 0.618. The van der Waals surface area contributed by atoms with Crippen molar-refractivity contribution in [3.05, 3.63) is 5.69 Å². The van der Waals surface area contributed by atoms with Crippen LogP contribution in [0.2, 0.25) is 0 Å². The molecule has 1 aliphatic heterocycles. The quantitative estimate of drug-likeness (QED) is 0.933. The number of aromatic nitrogens is 4. The van der Waals surface area contributed by atoms with Crippen LogP contribution in [-0.4, -0.2) is 44.4 Å². The Bertz CT molecular complexity index is 645. The molecule has 2 aromatic heterocycles. The number of nitrogen functional groups attached to an aromatic ring is 1. The number of aryl methyl sites for hydroxylation is 2. The fourth-order valence-corrected chi connectivity index (χ4v) is 3.35. The van der Waals surface area contributed by atoms with Crippen LogP contribution in [0.3, 0.4) is 0 Å². The van der Waals surface area contributed by atoms with Crippen molar-refractivity contribution >= 4 is 17.1 Å². The molecule has 1 saturated heterocycles. The summed E-state index contributed by atoms with van der Waals surface area (Å²) < 4.78 is 4.09. The minimum atomic E-state index is 0.283. The molecule has 0 bridgehead atoms. The number of fused-ring (bicyclic) bond motifs is 1. The van der Waals surface area contributed by atoms with Crippen LogP contribution in [0.4, 0.5) is 5.95 Å². The average Bonchev–Trinajstić information content (AvgIpc) is 2.92. The predicted molar refractivity (Wildman–Crippen MR) is 85.1 cm³/mol. The number of anilines is 1. The summed E-state index contributed by atoms with van der Waals surface area (Å²) >= 11 is 0. The van der Waals surface area contributed by atoms with Crippen molar-refractivity contribution in [2.24, 2.45) is 12.5 Å². The Labute approximate surface area is 125 Å². The molecule has 1 fully saturated rings. The van der Waals surface area contributed by atoms with Gasteiger partial charge in [0.05, 0.1) is 5.69 Å². The largest absolute Gasteiger partial charge is 0.369 e. The van der Waals surface area contributed by atoms with Crippen LogP contribution < -0.4 is 5.73 Å². The Balaban J connectivity index is 1.97. The van der Waals surface area contributed by atoms with E-state index >= 15 is 0 Å². The normalized spacial score (nSPS) is 19.4. The highest BCUT2D eigenvalue weighted by atomic mass is 15.3. The molecule has 0 amide bonds. The molecular weight excluding hydrogens is 264 g/mol. The lowest BCUT2D eigenvalue weighted by atomic mass is 9.80. The maximum absolute atomic E-state index is 6.19. The Kier molecular flexibility index (Phi) is 3.43. The van der Waals surface area contributed by atoms with E-state index in [1.54, 1.807) is 0 Å². The molecule has 2 aromatic rings. The van der Waals surface area contributed by atoms with Gasteiger partial charge in [0.15, 0.2) is 5.65 Å². The second-order valence-electron chi connectivity index (χ2n) is 6.77. The van der Waals surface area contributed by atoms with Crippen LogP contribution in [0.5, 0.6) is 0 Å². The van der Waals surface area contributed by atoms with Gasteiger partial charge >= 0.3 is 0 Å². The first-order chi connectivity index (χ1) is 9.93. The lowest BCUT2D eigenvalue weighted by Gasteiger charge is -2.38.